The third kappa shape index (κ3) is 1.89. The van der Waals surface area contributed by atoms with E-state index in [9.17, 15) is 9.90 Å². The van der Waals surface area contributed by atoms with Crippen molar-refractivity contribution >= 4 is 17.0 Å². The summed E-state index contributed by atoms with van der Waals surface area (Å²) in [4.78, 5) is 19.2. The summed E-state index contributed by atoms with van der Waals surface area (Å²) in [6.45, 7) is 0. The number of aromatic hydroxyl groups is 1. The van der Waals surface area contributed by atoms with E-state index in [0.29, 0.717) is 22.4 Å². The number of aromatic nitrogens is 2. The molecule has 3 aromatic rings. The molecule has 0 radical (unpaired) electrons. The fourth-order valence-corrected chi connectivity index (χ4v) is 2.09. The Bertz CT molecular complexity index is 778. The van der Waals surface area contributed by atoms with Gasteiger partial charge in [0.1, 0.15) is 22.6 Å². The van der Waals surface area contributed by atoms with Crippen molar-refractivity contribution in [2.24, 2.45) is 0 Å². The summed E-state index contributed by atoms with van der Waals surface area (Å²) in [6.07, 6.45) is 0. The fourth-order valence-electron chi connectivity index (χ4n) is 2.09. The molecule has 0 unspecified atom stereocenters. The molecule has 0 aliphatic carbocycles. The van der Waals surface area contributed by atoms with Gasteiger partial charge in [-0.2, -0.15) is 0 Å². The predicted molar refractivity (Wildman–Crippen MR) is 74.5 cm³/mol. The second-order valence-electron chi connectivity index (χ2n) is 4.30. The fraction of sp³-hybridized carbons (Fsp3) is 0.0667. The lowest BCUT2D eigenvalue weighted by atomic mass is 10.2. The van der Waals surface area contributed by atoms with E-state index in [1.54, 1.807) is 0 Å². The number of benzene rings is 2. The van der Waals surface area contributed by atoms with Crippen LogP contribution in [-0.2, 0) is 4.74 Å². The van der Waals surface area contributed by atoms with Crippen LogP contribution in [0.2, 0.25) is 0 Å². The second-order valence-corrected chi connectivity index (χ2v) is 4.30. The molecule has 0 aliphatic rings. The number of methoxy groups -OCH3 is 1. The van der Waals surface area contributed by atoms with Gasteiger partial charge >= 0.3 is 5.97 Å². The minimum absolute atomic E-state index is 0.0438. The van der Waals surface area contributed by atoms with Crippen molar-refractivity contribution in [3.05, 3.63) is 48.0 Å². The van der Waals surface area contributed by atoms with Gasteiger partial charge in [-0.25, -0.2) is 9.78 Å². The van der Waals surface area contributed by atoms with E-state index in [-0.39, 0.29) is 5.75 Å². The number of nitrogens with one attached hydrogen (secondary N) is 1. The molecule has 3 rings (SSSR count). The van der Waals surface area contributed by atoms with Crippen molar-refractivity contribution in [2.75, 3.05) is 7.11 Å². The van der Waals surface area contributed by atoms with Crippen molar-refractivity contribution in [1.29, 1.82) is 0 Å². The van der Waals surface area contributed by atoms with Crippen LogP contribution in [0.4, 0.5) is 0 Å². The highest BCUT2D eigenvalue weighted by atomic mass is 16.5. The van der Waals surface area contributed by atoms with Crippen LogP contribution in [-0.4, -0.2) is 28.2 Å². The highest BCUT2D eigenvalue weighted by molar-refractivity contribution is 6.04. The number of hydrogen-bond acceptors (Lipinski definition) is 4. The predicted octanol–water partition coefficient (Wildman–Crippen LogP) is 2.72. The molecule has 20 heavy (non-hydrogen) atoms. The average Bonchev–Trinajstić information content (AvgIpc) is 2.94. The summed E-state index contributed by atoms with van der Waals surface area (Å²) < 4.78 is 4.72. The molecule has 5 nitrogen and oxygen atoms in total. The number of phenols is 1. The number of phenolic OH excluding ortho intramolecular Hbond substituents is 1. The van der Waals surface area contributed by atoms with Crippen LogP contribution in [0, 0.1) is 0 Å². The molecule has 0 amide bonds. The van der Waals surface area contributed by atoms with Crippen LogP contribution in [0.15, 0.2) is 42.5 Å². The molecule has 100 valence electrons. The van der Waals surface area contributed by atoms with Crippen LogP contribution in [0.1, 0.15) is 10.4 Å². The molecule has 0 atom stereocenters. The van der Waals surface area contributed by atoms with Crippen LogP contribution < -0.4 is 0 Å². The monoisotopic (exact) mass is 268 g/mol. The maximum absolute atomic E-state index is 11.7. The van der Waals surface area contributed by atoms with E-state index >= 15 is 0 Å². The summed E-state index contributed by atoms with van der Waals surface area (Å²) in [5, 5.41) is 9.89. The van der Waals surface area contributed by atoms with E-state index in [0.717, 1.165) is 5.56 Å². The van der Waals surface area contributed by atoms with Crippen molar-refractivity contribution in [1.82, 2.24) is 9.97 Å². The number of carbonyl (C=O) groups is 1. The number of carbonyl (C=O) groups excluding carboxylic acids is 1. The van der Waals surface area contributed by atoms with Crippen molar-refractivity contribution in [3.8, 4) is 17.1 Å². The lowest BCUT2D eigenvalue weighted by Crippen LogP contribution is -2.01. The van der Waals surface area contributed by atoms with Crippen LogP contribution in [0.25, 0.3) is 22.4 Å². The third-order valence-electron chi connectivity index (χ3n) is 3.08. The van der Waals surface area contributed by atoms with Gasteiger partial charge in [0.15, 0.2) is 0 Å². The Kier molecular flexibility index (Phi) is 2.87. The Hall–Kier alpha value is -2.82. The first-order valence-electron chi connectivity index (χ1n) is 6.06. The molecule has 2 aromatic carbocycles. The Labute approximate surface area is 114 Å². The summed E-state index contributed by atoms with van der Waals surface area (Å²) >= 11 is 0. The number of fused-ring (bicyclic) bond motifs is 1. The topological polar surface area (TPSA) is 75.2 Å². The summed E-state index contributed by atoms with van der Waals surface area (Å²) in [7, 11) is 1.31. The van der Waals surface area contributed by atoms with Gasteiger partial charge in [0.05, 0.1) is 12.7 Å². The van der Waals surface area contributed by atoms with E-state index in [4.69, 9.17) is 4.74 Å². The maximum atomic E-state index is 11.7. The highest BCUT2D eigenvalue weighted by Crippen LogP contribution is 2.29. The zero-order valence-corrected chi connectivity index (χ0v) is 10.8. The highest BCUT2D eigenvalue weighted by Gasteiger charge is 2.17. The summed E-state index contributed by atoms with van der Waals surface area (Å²) in [6, 6.07) is 12.4. The van der Waals surface area contributed by atoms with Crippen LogP contribution in [0.5, 0.6) is 5.75 Å². The maximum Gasteiger partial charge on any atom is 0.340 e. The van der Waals surface area contributed by atoms with Gasteiger partial charge in [-0.1, -0.05) is 30.3 Å². The van der Waals surface area contributed by atoms with Crippen LogP contribution >= 0.6 is 0 Å². The molecule has 0 fully saturated rings. The Balaban J connectivity index is 2.24. The Morgan fingerprint density at radius 2 is 1.95 bits per heavy atom. The number of H-pyrrole nitrogens is 1. The molecule has 0 spiro atoms. The lowest BCUT2D eigenvalue weighted by Gasteiger charge is -2.00. The largest absolute Gasteiger partial charge is 0.506 e. The number of imidazole rings is 1. The molecule has 5 heteroatoms. The van der Waals surface area contributed by atoms with Gasteiger partial charge < -0.3 is 14.8 Å². The minimum Gasteiger partial charge on any atom is -0.506 e. The summed E-state index contributed by atoms with van der Waals surface area (Å²) in [5.41, 5.74) is 2.01. The van der Waals surface area contributed by atoms with Gasteiger partial charge in [0, 0.05) is 5.56 Å². The number of hydrogen-bond donors (Lipinski definition) is 2. The molecule has 1 heterocycles. The molecular weight excluding hydrogens is 256 g/mol. The van der Waals surface area contributed by atoms with E-state index < -0.39 is 5.97 Å². The lowest BCUT2D eigenvalue weighted by molar-refractivity contribution is 0.0603. The Morgan fingerprint density at radius 3 is 2.65 bits per heavy atom. The number of esters is 1. The van der Waals surface area contributed by atoms with Gasteiger partial charge in [0.25, 0.3) is 0 Å². The van der Waals surface area contributed by atoms with Gasteiger partial charge in [-0.05, 0) is 12.1 Å². The molecule has 0 aliphatic heterocycles. The van der Waals surface area contributed by atoms with Crippen molar-refractivity contribution in [3.63, 3.8) is 0 Å². The van der Waals surface area contributed by atoms with Gasteiger partial charge in [-0.15, -0.1) is 0 Å². The standard InChI is InChI=1S/C15H12N2O3/c1-20-15(19)10-7-8-11(18)13-12(10)16-14(17-13)9-5-3-2-4-6-9/h2-8,18H,1H3,(H,16,17). The smallest absolute Gasteiger partial charge is 0.340 e. The number of nitrogens with zero attached hydrogens (tertiary/aromatic N) is 1. The number of rotatable bonds is 2. The van der Waals surface area contributed by atoms with Crippen LogP contribution in [0.3, 0.4) is 0 Å². The summed E-state index contributed by atoms with van der Waals surface area (Å²) in [5.74, 6) is 0.149. The number of ether oxygens (including phenoxy) is 1. The SMILES string of the molecule is COC(=O)c1ccc(O)c2[nH]c(-c3ccccc3)nc12. The molecule has 0 bridgehead atoms. The third-order valence-corrected chi connectivity index (χ3v) is 3.08. The van der Waals surface area contributed by atoms with Gasteiger partial charge in [-0.3, -0.25) is 0 Å². The zero-order chi connectivity index (χ0) is 14.1. The molecule has 0 saturated carbocycles. The zero-order valence-electron chi connectivity index (χ0n) is 10.8. The minimum atomic E-state index is -0.485. The molecule has 0 saturated heterocycles. The second kappa shape index (κ2) is 4.70. The van der Waals surface area contributed by atoms with Crippen molar-refractivity contribution in [2.45, 2.75) is 0 Å². The first kappa shape index (κ1) is 12.2. The van der Waals surface area contributed by atoms with Gasteiger partial charge in [0.2, 0.25) is 0 Å². The first-order valence-corrected chi connectivity index (χ1v) is 6.06. The normalized spacial score (nSPS) is 10.7. The molecule has 1 aromatic heterocycles. The molecular formula is C15H12N2O3. The molecule has 2 N–H and O–H groups in total. The number of aromatic amines is 1. The Morgan fingerprint density at radius 1 is 1.20 bits per heavy atom. The van der Waals surface area contributed by atoms with E-state index in [1.165, 1.54) is 19.2 Å². The average molecular weight is 268 g/mol. The van der Waals surface area contributed by atoms with E-state index in [2.05, 4.69) is 9.97 Å². The first-order chi connectivity index (χ1) is 9.70. The van der Waals surface area contributed by atoms with E-state index in [1.807, 2.05) is 30.3 Å². The quantitative estimate of drug-likeness (QED) is 0.701. The van der Waals surface area contributed by atoms with Crippen molar-refractivity contribution < 1.29 is 14.6 Å².